The Hall–Kier alpha value is -3.23. The van der Waals surface area contributed by atoms with Crippen molar-refractivity contribution in [2.24, 2.45) is 16.6 Å². The fraction of sp³-hybridized carbons (Fsp3) is 0.500. The van der Waals surface area contributed by atoms with Crippen LogP contribution in [0.15, 0.2) is 29.4 Å². The van der Waals surface area contributed by atoms with Crippen molar-refractivity contribution >= 4 is 46.8 Å². The summed E-state index contributed by atoms with van der Waals surface area (Å²) in [7, 11) is 0. The summed E-state index contributed by atoms with van der Waals surface area (Å²) in [6.07, 6.45) is 3.71. The number of rotatable bonds is 5. The molecular weight excluding hydrogens is 590 g/mol. The number of aromatic nitrogens is 3. The summed E-state index contributed by atoms with van der Waals surface area (Å²) in [5.41, 5.74) is 17.3. The fourth-order valence-corrected chi connectivity index (χ4v) is 5.85. The van der Waals surface area contributed by atoms with Crippen molar-refractivity contribution in [3.63, 3.8) is 0 Å². The molecule has 2 aromatic rings. The summed E-state index contributed by atoms with van der Waals surface area (Å²) in [6.45, 7) is 5.93. The SMILES string of the molecule is NC(=N[C@@H]1C[N+]2(CC(=O)N3CCN(c4ccccn4)CC3)CCC1CC2)NC(=O)c1nc(Cl)c(N)nc1N.[Br-]. The largest absolute Gasteiger partial charge is 1.00 e. The zero-order chi connectivity index (χ0) is 26.9. The Labute approximate surface area is 242 Å². The molecule has 0 spiro atoms. The van der Waals surface area contributed by atoms with E-state index in [4.69, 9.17) is 28.8 Å². The highest BCUT2D eigenvalue weighted by molar-refractivity contribution is 6.31. The van der Waals surface area contributed by atoms with Gasteiger partial charge in [-0.25, -0.2) is 19.9 Å². The van der Waals surface area contributed by atoms with Crippen LogP contribution < -0.4 is 44.4 Å². The minimum Gasteiger partial charge on any atom is -1.00 e. The van der Waals surface area contributed by atoms with Crippen molar-refractivity contribution in [2.75, 3.05) is 68.7 Å². The third kappa shape index (κ3) is 6.34. The molecule has 2 bridgehead atoms. The standard InChI is InChI=1S/C24H32ClN11O2.BrH/c25-20-22(27)32-21(26)19(31-20)23(38)33-24(28)30-16-13-36(11-4-15(16)5-12-36)14-18(37)35-9-7-34(8-10-35)17-3-1-2-6-29-17;/h1-3,6,15-16H,4-5,7-14H2,(H6-,26,27,28,30,32,33,38);1H/t15?,16-,36?;/m1./s1. The first-order valence-corrected chi connectivity index (χ1v) is 13.1. The molecule has 2 aromatic heterocycles. The maximum atomic E-state index is 13.3. The predicted octanol–water partition coefficient (Wildman–Crippen LogP) is -3.30. The molecule has 4 saturated heterocycles. The molecule has 7 N–H and O–H groups in total. The Morgan fingerprint density at radius 2 is 1.82 bits per heavy atom. The van der Waals surface area contributed by atoms with Gasteiger partial charge in [-0.3, -0.25) is 14.9 Å². The number of halogens is 2. The summed E-state index contributed by atoms with van der Waals surface area (Å²) in [5.74, 6) is 0.570. The van der Waals surface area contributed by atoms with Crippen LogP contribution in [0.25, 0.3) is 0 Å². The summed E-state index contributed by atoms with van der Waals surface area (Å²) in [4.78, 5) is 46.9. The molecule has 0 aromatic carbocycles. The number of pyridine rings is 1. The van der Waals surface area contributed by atoms with E-state index in [0.717, 1.165) is 44.8 Å². The molecule has 0 aliphatic carbocycles. The topological polar surface area (TPSA) is 182 Å². The Balaban J connectivity index is 0.00000353. The van der Waals surface area contributed by atoms with Gasteiger partial charge < -0.3 is 48.5 Å². The second-order valence-electron chi connectivity index (χ2n) is 10.2. The molecule has 6 rings (SSSR count). The third-order valence-electron chi connectivity index (χ3n) is 7.81. The molecule has 15 heteroatoms. The quantitative estimate of drug-likeness (QED) is 0.151. The van der Waals surface area contributed by atoms with Crippen LogP contribution in [0.1, 0.15) is 23.3 Å². The second kappa shape index (κ2) is 11.9. The fourth-order valence-electron chi connectivity index (χ4n) is 5.73. The van der Waals surface area contributed by atoms with Crippen LogP contribution in [-0.2, 0) is 4.79 Å². The molecule has 6 heterocycles. The van der Waals surface area contributed by atoms with Gasteiger partial charge in [0.05, 0.1) is 13.1 Å². The van der Waals surface area contributed by atoms with Gasteiger partial charge >= 0.3 is 0 Å². The van der Waals surface area contributed by atoms with E-state index in [1.54, 1.807) is 6.20 Å². The number of fused-ring (bicyclic) bond motifs is 3. The van der Waals surface area contributed by atoms with E-state index < -0.39 is 5.91 Å². The number of amides is 2. The van der Waals surface area contributed by atoms with Gasteiger partial charge in [0.1, 0.15) is 18.4 Å². The van der Waals surface area contributed by atoms with Crippen molar-refractivity contribution in [2.45, 2.75) is 18.9 Å². The first kappa shape index (κ1) is 28.8. The third-order valence-corrected chi connectivity index (χ3v) is 8.09. The maximum Gasteiger partial charge on any atom is 0.280 e. The number of carbonyl (C=O) groups is 2. The zero-order valence-corrected chi connectivity index (χ0v) is 23.8. The Bertz CT molecular complexity index is 1230. The molecule has 1 atom stereocenters. The lowest BCUT2D eigenvalue weighted by molar-refractivity contribution is -0.936. The lowest BCUT2D eigenvalue weighted by atomic mass is 9.82. The van der Waals surface area contributed by atoms with E-state index in [1.807, 2.05) is 23.1 Å². The van der Waals surface area contributed by atoms with E-state index in [1.165, 1.54) is 0 Å². The smallest absolute Gasteiger partial charge is 0.280 e. The van der Waals surface area contributed by atoms with E-state index >= 15 is 0 Å². The number of guanidine groups is 1. The van der Waals surface area contributed by atoms with Crippen LogP contribution in [0, 0.1) is 5.92 Å². The second-order valence-corrected chi connectivity index (χ2v) is 10.6. The number of nitrogens with two attached hydrogens (primary N) is 3. The lowest BCUT2D eigenvalue weighted by Gasteiger charge is -2.51. The number of piperazine rings is 1. The predicted molar refractivity (Wildman–Crippen MR) is 144 cm³/mol. The Morgan fingerprint density at radius 3 is 2.49 bits per heavy atom. The van der Waals surface area contributed by atoms with Gasteiger partial charge in [-0.15, -0.1) is 0 Å². The highest BCUT2D eigenvalue weighted by Gasteiger charge is 2.47. The molecular formula is C24H33BrClN11O2. The lowest BCUT2D eigenvalue weighted by Crippen LogP contribution is -3.00. The van der Waals surface area contributed by atoms with Crippen molar-refractivity contribution in [3.05, 3.63) is 35.2 Å². The molecule has 0 radical (unpaired) electrons. The zero-order valence-electron chi connectivity index (χ0n) is 21.5. The van der Waals surface area contributed by atoms with Gasteiger partial charge in [-0.05, 0) is 18.1 Å². The maximum absolute atomic E-state index is 13.3. The molecule has 0 saturated carbocycles. The van der Waals surface area contributed by atoms with Crippen molar-refractivity contribution < 1.29 is 31.1 Å². The van der Waals surface area contributed by atoms with Gasteiger partial charge in [0.2, 0.25) is 0 Å². The van der Waals surface area contributed by atoms with Crippen LogP contribution in [0.5, 0.6) is 0 Å². The van der Waals surface area contributed by atoms with Gasteiger partial charge in [-0.1, -0.05) is 17.7 Å². The number of nitrogens with zero attached hydrogens (tertiary/aromatic N) is 7. The van der Waals surface area contributed by atoms with Crippen LogP contribution in [0.3, 0.4) is 0 Å². The number of hydrogen-bond acceptors (Lipinski definition) is 9. The van der Waals surface area contributed by atoms with Crippen LogP contribution in [-0.4, -0.2) is 101 Å². The number of aliphatic imine (C=N–C) groups is 1. The van der Waals surface area contributed by atoms with Crippen LogP contribution in [0.2, 0.25) is 5.15 Å². The molecule has 0 unspecified atom stereocenters. The molecule has 210 valence electrons. The summed E-state index contributed by atoms with van der Waals surface area (Å²) >= 11 is 5.88. The molecule has 4 fully saturated rings. The highest BCUT2D eigenvalue weighted by atomic mass is 79.9. The number of piperidine rings is 3. The van der Waals surface area contributed by atoms with E-state index in [2.05, 4.69) is 30.2 Å². The van der Waals surface area contributed by atoms with E-state index in [-0.39, 0.29) is 57.4 Å². The van der Waals surface area contributed by atoms with Gasteiger partial charge in [-0.2, -0.15) is 0 Å². The molecule has 13 nitrogen and oxygen atoms in total. The summed E-state index contributed by atoms with van der Waals surface area (Å²) in [5, 5.41) is 2.41. The van der Waals surface area contributed by atoms with E-state index in [9.17, 15) is 9.59 Å². The van der Waals surface area contributed by atoms with Crippen molar-refractivity contribution in [1.29, 1.82) is 0 Å². The molecule has 4 aliphatic rings. The van der Waals surface area contributed by atoms with Crippen molar-refractivity contribution in [1.82, 2.24) is 25.2 Å². The average Bonchev–Trinajstić information content (AvgIpc) is 2.91. The number of quaternary nitrogens is 1. The summed E-state index contributed by atoms with van der Waals surface area (Å²) < 4.78 is 0.692. The highest BCUT2D eigenvalue weighted by Crippen LogP contribution is 2.35. The molecule has 2 amide bonds. The Kier molecular flexibility index (Phi) is 8.76. The van der Waals surface area contributed by atoms with Crippen LogP contribution in [0.4, 0.5) is 17.5 Å². The Morgan fingerprint density at radius 1 is 1.10 bits per heavy atom. The first-order valence-electron chi connectivity index (χ1n) is 12.7. The van der Waals surface area contributed by atoms with Gasteiger partial charge in [0.25, 0.3) is 11.8 Å². The molecule has 39 heavy (non-hydrogen) atoms. The minimum absolute atomic E-state index is 0. The monoisotopic (exact) mass is 621 g/mol. The number of anilines is 3. The first-order chi connectivity index (χ1) is 18.2. The van der Waals surface area contributed by atoms with Crippen molar-refractivity contribution in [3.8, 4) is 0 Å². The van der Waals surface area contributed by atoms with Gasteiger partial charge in [0, 0.05) is 45.2 Å². The minimum atomic E-state index is -0.664. The number of nitrogen functional groups attached to an aromatic ring is 2. The van der Waals surface area contributed by atoms with E-state index in [0.29, 0.717) is 36.6 Å². The molecule has 4 aliphatic heterocycles. The summed E-state index contributed by atoms with van der Waals surface area (Å²) in [6, 6.07) is 5.78. The number of carbonyl (C=O) groups excluding carboxylic acids is 2. The number of hydrogen-bond donors (Lipinski definition) is 4. The number of nitrogens with one attached hydrogen (secondary N) is 1. The normalized spacial score (nSPS) is 24.7. The average molecular weight is 623 g/mol. The van der Waals surface area contributed by atoms with Gasteiger partial charge in [0.15, 0.2) is 35.0 Å². The van der Waals surface area contributed by atoms with Crippen LogP contribution >= 0.6 is 11.6 Å².